The molecule has 1 aromatic heterocycles. The Labute approximate surface area is 190 Å². The summed E-state index contributed by atoms with van der Waals surface area (Å²) in [4.78, 5) is 8.71. The van der Waals surface area contributed by atoms with Gasteiger partial charge in [-0.1, -0.05) is 35.0 Å². The maximum absolute atomic E-state index is 5.91. The number of aromatic nitrogens is 2. The van der Waals surface area contributed by atoms with Crippen LogP contribution in [-0.4, -0.2) is 29.8 Å². The molecule has 1 aliphatic rings. The Kier molecular flexibility index (Phi) is 7.32. The van der Waals surface area contributed by atoms with Gasteiger partial charge in [-0.25, -0.2) is 0 Å². The first-order valence-electron chi connectivity index (χ1n) is 9.00. The predicted molar refractivity (Wildman–Crippen MR) is 123 cm³/mol. The molecule has 1 aliphatic heterocycles. The number of para-hydroxylation sites is 1. The number of nitrogens with one attached hydrogen (secondary N) is 2. The van der Waals surface area contributed by atoms with Crippen LogP contribution >= 0.6 is 35.6 Å². The number of fused-ring (bicyclic) bond motifs is 1. The molecule has 1 unspecified atom stereocenters. The van der Waals surface area contributed by atoms with Crippen molar-refractivity contribution in [3.63, 3.8) is 0 Å². The Balaban J connectivity index is 0.00000240. The lowest BCUT2D eigenvalue weighted by atomic mass is 10.0. The molecule has 0 spiro atoms. The second-order valence-corrected chi connectivity index (χ2v) is 6.75. The van der Waals surface area contributed by atoms with Crippen LogP contribution in [-0.2, 0) is 6.54 Å². The molecule has 1 atom stereocenters. The lowest BCUT2D eigenvalue weighted by Gasteiger charge is -2.27. The van der Waals surface area contributed by atoms with Gasteiger partial charge in [0, 0.05) is 29.6 Å². The van der Waals surface area contributed by atoms with Crippen LogP contribution in [0.25, 0.3) is 11.4 Å². The van der Waals surface area contributed by atoms with Crippen LogP contribution in [0.2, 0.25) is 5.02 Å². The lowest BCUT2D eigenvalue weighted by Crippen LogP contribution is -2.40. The molecule has 0 saturated carbocycles. The Morgan fingerprint density at radius 2 is 2.00 bits per heavy atom. The minimum Gasteiger partial charge on any atom is -0.493 e. The standard InChI is InChI=1S/C20H20ClN5O2.HI/c1-22-20(24-16-10-11-27-17-5-3-2-4-15(16)17)23-12-18-25-19(26-28-18)13-6-8-14(21)9-7-13;/h2-9,16H,10-12H2,1H3,(H2,22,23,24);1H. The largest absolute Gasteiger partial charge is 0.493 e. The van der Waals surface area contributed by atoms with Crippen molar-refractivity contribution in [3.8, 4) is 17.1 Å². The second-order valence-electron chi connectivity index (χ2n) is 6.32. The molecule has 0 fully saturated rings. The molecule has 152 valence electrons. The van der Waals surface area contributed by atoms with Crippen LogP contribution in [0, 0.1) is 0 Å². The molecule has 4 rings (SSSR count). The maximum atomic E-state index is 5.91. The third-order valence-corrected chi connectivity index (χ3v) is 4.72. The van der Waals surface area contributed by atoms with Crippen LogP contribution in [0.4, 0.5) is 0 Å². The monoisotopic (exact) mass is 525 g/mol. The van der Waals surface area contributed by atoms with E-state index in [4.69, 9.17) is 20.9 Å². The topological polar surface area (TPSA) is 84.6 Å². The molecular weight excluding hydrogens is 505 g/mol. The molecule has 3 aromatic rings. The molecule has 2 N–H and O–H groups in total. The van der Waals surface area contributed by atoms with E-state index >= 15 is 0 Å². The highest BCUT2D eigenvalue weighted by Gasteiger charge is 2.22. The molecule has 7 nitrogen and oxygen atoms in total. The number of halogens is 2. The van der Waals surface area contributed by atoms with E-state index in [2.05, 4.69) is 31.8 Å². The smallest absolute Gasteiger partial charge is 0.246 e. The van der Waals surface area contributed by atoms with Crippen LogP contribution < -0.4 is 15.4 Å². The van der Waals surface area contributed by atoms with Gasteiger partial charge in [0.2, 0.25) is 11.7 Å². The molecule has 2 heterocycles. The number of benzene rings is 2. The number of aliphatic imine (C=N–C) groups is 1. The first kappa shape index (κ1) is 21.4. The van der Waals surface area contributed by atoms with E-state index in [9.17, 15) is 0 Å². The summed E-state index contributed by atoms with van der Waals surface area (Å²) in [5.41, 5.74) is 1.97. The van der Waals surface area contributed by atoms with Gasteiger partial charge in [-0.05, 0) is 30.3 Å². The molecule has 0 saturated heterocycles. The van der Waals surface area contributed by atoms with E-state index in [1.54, 1.807) is 19.2 Å². The molecule has 0 radical (unpaired) electrons. The summed E-state index contributed by atoms with van der Waals surface area (Å²) in [6.07, 6.45) is 0.860. The second kappa shape index (κ2) is 9.93. The summed E-state index contributed by atoms with van der Waals surface area (Å²) in [7, 11) is 1.73. The lowest BCUT2D eigenvalue weighted by molar-refractivity contribution is 0.261. The quantitative estimate of drug-likeness (QED) is 0.302. The zero-order valence-electron chi connectivity index (χ0n) is 15.8. The number of hydrogen-bond donors (Lipinski definition) is 2. The Bertz CT molecular complexity index is 977. The third-order valence-electron chi connectivity index (χ3n) is 4.47. The minimum atomic E-state index is 0. The maximum Gasteiger partial charge on any atom is 0.246 e. The average Bonchev–Trinajstić information content (AvgIpc) is 3.21. The van der Waals surface area contributed by atoms with Crippen molar-refractivity contribution in [2.24, 2.45) is 4.99 Å². The van der Waals surface area contributed by atoms with Gasteiger partial charge >= 0.3 is 0 Å². The number of rotatable bonds is 4. The van der Waals surface area contributed by atoms with Crippen molar-refractivity contribution in [3.05, 3.63) is 65.0 Å². The summed E-state index contributed by atoms with van der Waals surface area (Å²) in [6, 6.07) is 15.5. The van der Waals surface area contributed by atoms with E-state index in [1.807, 2.05) is 30.3 Å². The highest BCUT2D eigenvalue weighted by atomic mass is 127. The first-order chi connectivity index (χ1) is 13.7. The fourth-order valence-electron chi connectivity index (χ4n) is 3.05. The highest BCUT2D eigenvalue weighted by Crippen LogP contribution is 2.31. The fourth-order valence-corrected chi connectivity index (χ4v) is 3.18. The first-order valence-corrected chi connectivity index (χ1v) is 9.38. The van der Waals surface area contributed by atoms with Crippen molar-refractivity contribution >= 4 is 41.5 Å². The van der Waals surface area contributed by atoms with Gasteiger partial charge in [-0.2, -0.15) is 4.98 Å². The average molecular weight is 526 g/mol. The number of hydrogen-bond acceptors (Lipinski definition) is 5. The van der Waals surface area contributed by atoms with Crippen molar-refractivity contribution in [2.75, 3.05) is 13.7 Å². The van der Waals surface area contributed by atoms with Crippen molar-refractivity contribution < 1.29 is 9.26 Å². The van der Waals surface area contributed by atoms with Gasteiger partial charge in [-0.3, -0.25) is 4.99 Å². The van der Waals surface area contributed by atoms with Gasteiger partial charge in [0.15, 0.2) is 5.96 Å². The number of ether oxygens (including phenoxy) is 1. The zero-order valence-corrected chi connectivity index (χ0v) is 18.8. The number of nitrogens with zero attached hydrogens (tertiary/aromatic N) is 3. The van der Waals surface area contributed by atoms with Crippen molar-refractivity contribution in [2.45, 2.75) is 19.0 Å². The van der Waals surface area contributed by atoms with E-state index in [-0.39, 0.29) is 30.0 Å². The molecular formula is C20H21ClIN5O2. The molecule has 0 bridgehead atoms. The normalized spacial score (nSPS) is 15.7. The molecule has 29 heavy (non-hydrogen) atoms. The van der Waals surface area contributed by atoms with Crippen molar-refractivity contribution in [1.82, 2.24) is 20.8 Å². The minimum absolute atomic E-state index is 0. The summed E-state index contributed by atoms with van der Waals surface area (Å²) in [5.74, 6) is 2.56. The van der Waals surface area contributed by atoms with E-state index in [1.165, 1.54) is 0 Å². The van der Waals surface area contributed by atoms with Gasteiger partial charge in [0.25, 0.3) is 0 Å². The Morgan fingerprint density at radius 3 is 2.79 bits per heavy atom. The summed E-state index contributed by atoms with van der Waals surface area (Å²) >= 11 is 5.91. The SMILES string of the molecule is CN=C(NCc1nc(-c2ccc(Cl)cc2)no1)NC1CCOc2ccccc21.I. The van der Waals surface area contributed by atoms with E-state index in [0.717, 1.165) is 23.3 Å². The summed E-state index contributed by atoms with van der Waals surface area (Å²) < 4.78 is 11.0. The van der Waals surface area contributed by atoms with E-state index in [0.29, 0.717) is 35.8 Å². The number of guanidine groups is 1. The van der Waals surface area contributed by atoms with Crippen LogP contribution in [0.15, 0.2) is 58.0 Å². The van der Waals surface area contributed by atoms with Crippen molar-refractivity contribution in [1.29, 1.82) is 0 Å². The summed E-state index contributed by atoms with van der Waals surface area (Å²) in [6.45, 7) is 1.03. The predicted octanol–water partition coefficient (Wildman–Crippen LogP) is 4.20. The molecule has 0 amide bonds. The van der Waals surface area contributed by atoms with E-state index < -0.39 is 0 Å². The summed E-state index contributed by atoms with van der Waals surface area (Å²) in [5, 5.41) is 11.3. The van der Waals surface area contributed by atoms with Gasteiger partial charge in [-0.15, -0.1) is 24.0 Å². The highest BCUT2D eigenvalue weighted by molar-refractivity contribution is 14.0. The molecule has 9 heteroatoms. The molecule has 2 aromatic carbocycles. The zero-order chi connectivity index (χ0) is 19.3. The van der Waals surface area contributed by atoms with Crippen LogP contribution in [0.3, 0.4) is 0 Å². The van der Waals surface area contributed by atoms with Gasteiger partial charge < -0.3 is 19.9 Å². The van der Waals surface area contributed by atoms with Crippen LogP contribution in [0.1, 0.15) is 23.9 Å². The molecule has 0 aliphatic carbocycles. The Morgan fingerprint density at radius 1 is 1.21 bits per heavy atom. The van der Waals surface area contributed by atoms with Gasteiger partial charge in [0.05, 0.1) is 19.2 Å². The fraction of sp³-hybridized carbons (Fsp3) is 0.250. The third kappa shape index (κ3) is 5.18. The van der Waals surface area contributed by atoms with Crippen LogP contribution in [0.5, 0.6) is 5.75 Å². The van der Waals surface area contributed by atoms with Gasteiger partial charge in [0.1, 0.15) is 5.75 Å². The Hall–Kier alpha value is -2.33.